The van der Waals surface area contributed by atoms with E-state index in [9.17, 15) is 9.90 Å². The van der Waals surface area contributed by atoms with E-state index in [4.69, 9.17) is 0 Å². The molecule has 2 N–H and O–H groups in total. The number of aliphatic hydroxyl groups excluding tert-OH is 1. The zero-order valence-corrected chi connectivity index (χ0v) is 12.3. The summed E-state index contributed by atoms with van der Waals surface area (Å²) >= 11 is 1.61. The van der Waals surface area contributed by atoms with Crippen molar-refractivity contribution in [1.82, 2.24) is 5.32 Å². The summed E-state index contributed by atoms with van der Waals surface area (Å²) in [6.07, 6.45) is -0.664. The van der Waals surface area contributed by atoms with Crippen molar-refractivity contribution >= 4 is 27.3 Å². The van der Waals surface area contributed by atoms with E-state index in [2.05, 4.69) is 5.32 Å². The molecule has 1 heterocycles. The van der Waals surface area contributed by atoms with Crippen molar-refractivity contribution < 1.29 is 9.90 Å². The molecule has 19 heavy (non-hydrogen) atoms. The molecular weight excluding hydrogens is 258 g/mol. The lowest BCUT2D eigenvalue weighted by Gasteiger charge is -2.19. The third-order valence-corrected chi connectivity index (χ3v) is 3.99. The summed E-state index contributed by atoms with van der Waals surface area (Å²) in [5, 5.41) is 16.0. The molecule has 0 saturated carbocycles. The molecule has 0 radical (unpaired) electrons. The van der Waals surface area contributed by atoms with Gasteiger partial charge in [-0.05, 0) is 16.8 Å². The van der Waals surface area contributed by atoms with Crippen molar-refractivity contribution in [3.8, 4) is 0 Å². The fourth-order valence-corrected chi connectivity index (χ4v) is 2.83. The van der Waals surface area contributed by atoms with Crippen LogP contribution in [-0.2, 0) is 4.79 Å². The van der Waals surface area contributed by atoms with Crippen LogP contribution >= 0.6 is 11.3 Å². The zero-order chi connectivity index (χ0) is 14.0. The van der Waals surface area contributed by atoms with Crippen LogP contribution in [0.1, 0.15) is 32.4 Å². The number of carbonyl (C=O) groups excluding carboxylic acids is 1. The van der Waals surface area contributed by atoms with Crippen molar-refractivity contribution in [1.29, 1.82) is 0 Å². The fourth-order valence-electron chi connectivity index (χ4n) is 1.82. The maximum absolute atomic E-state index is 11.8. The van der Waals surface area contributed by atoms with Gasteiger partial charge in [0.25, 0.3) is 0 Å². The molecule has 4 heteroatoms. The van der Waals surface area contributed by atoms with E-state index in [1.165, 1.54) is 0 Å². The molecule has 0 aliphatic carbocycles. The number of nitrogens with one attached hydrogen (secondary N) is 1. The van der Waals surface area contributed by atoms with Gasteiger partial charge in [-0.1, -0.05) is 39.0 Å². The summed E-state index contributed by atoms with van der Waals surface area (Å²) in [4.78, 5) is 11.8. The van der Waals surface area contributed by atoms with Gasteiger partial charge in [0.05, 0.1) is 6.10 Å². The zero-order valence-electron chi connectivity index (χ0n) is 11.4. The van der Waals surface area contributed by atoms with Gasteiger partial charge in [-0.25, -0.2) is 0 Å². The Morgan fingerprint density at radius 2 is 2.05 bits per heavy atom. The number of amides is 1. The number of hydrogen-bond donors (Lipinski definition) is 2. The number of carbonyl (C=O) groups is 1. The second-order valence-corrected chi connectivity index (χ2v) is 6.57. The Bertz CT molecular complexity index is 583. The molecule has 0 saturated heterocycles. The Morgan fingerprint density at radius 3 is 2.74 bits per heavy atom. The minimum Gasteiger partial charge on any atom is -0.387 e. The summed E-state index contributed by atoms with van der Waals surface area (Å²) in [7, 11) is 0. The molecule has 2 aromatic rings. The van der Waals surface area contributed by atoms with E-state index < -0.39 is 11.5 Å². The fraction of sp³-hybridized carbons (Fsp3) is 0.400. The van der Waals surface area contributed by atoms with E-state index in [0.29, 0.717) is 0 Å². The van der Waals surface area contributed by atoms with E-state index in [1.54, 1.807) is 11.3 Å². The van der Waals surface area contributed by atoms with Gasteiger partial charge in [0.15, 0.2) is 0 Å². The van der Waals surface area contributed by atoms with Gasteiger partial charge in [0.2, 0.25) is 5.91 Å². The highest BCUT2D eigenvalue weighted by Gasteiger charge is 2.22. The molecule has 0 spiro atoms. The number of thiophene rings is 1. The highest BCUT2D eigenvalue weighted by Crippen LogP contribution is 2.30. The molecular formula is C15H19NO2S. The van der Waals surface area contributed by atoms with Crippen LogP contribution in [0.4, 0.5) is 0 Å². The summed E-state index contributed by atoms with van der Waals surface area (Å²) < 4.78 is 1.15. The van der Waals surface area contributed by atoms with E-state index in [1.807, 2.05) is 50.4 Å². The highest BCUT2D eigenvalue weighted by atomic mass is 32.1. The Hall–Kier alpha value is -1.39. The summed E-state index contributed by atoms with van der Waals surface area (Å²) in [6, 6.07) is 7.97. The normalized spacial score (nSPS) is 13.5. The van der Waals surface area contributed by atoms with Crippen LogP contribution < -0.4 is 5.32 Å². The van der Waals surface area contributed by atoms with E-state index >= 15 is 0 Å². The molecule has 3 nitrogen and oxygen atoms in total. The molecule has 1 aromatic heterocycles. The average molecular weight is 277 g/mol. The van der Waals surface area contributed by atoms with Gasteiger partial charge in [-0.15, -0.1) is 11.3 Å². The molecule has 1 aromatic carbocycles. The second kappa shape index (κ2) is 5.31. The summed E-state index contributed by atoms with van der Waals surface area (Å²) in [6.45, 7) is 5.81. The third-order valence-electron chi connectivity index (χ3n) is 3.01. The monoisotopic (exact) mass is 277 g/mol. The summed E-state index contributed by atoms with van der Waals surface area (Å²) in [5.74, 6) is -0.0499. The first-order valence-electron chi connectivity index (χ1n) is 6.32. The Balaban J connectivity index is 2.08. The largest absolute Gasteiger partial charge is 0.387 e. The number of aliphatic hydroxyl groups is 1. The van der Waals surface area contributed by atoms with Crippen molar-refractivity contribution in [2.75, 3.05) is 6.54 Å². The van der Waals surface area contributed by atoms with E-state index in [-0.39, 0.29) is 12.5 Å². The Kier molecular flexibility index (Phi) is 3.92. The van der Waals surface area contributed by atoms with Crippen LogP contribution in [0, 0.1) is 5.41 Å². The number of fused-ring (bicyclic) bond motifs is 1. The average Bonchev–Trinajstić information content (AvgIpc) is 2.78. The molecule has 1 amide bonds. The molecule has 0 bridgehead atoms. The van der Waals surface area contributed by atoms with Crippen LogP contribution in [0.5, 0.6) is 0 Å². The predicted octanol–water partition coefficient (Wildman–Crippen LogP) is 3.10. The standard InChI is InChI=1S/C15H19NO2S/c1-15(2,3)14(18)16-8-12(17)11-9-19-13-7-5-4-6-10(11)13/h4-7,9,12,17H,8H2,1-3H3,(H,16,18)/t12-/m0/s1. The predicted molar refractivity (Wildman–Crippen MR) is 79.2 cm³/mol. The van der Waals surface area contributed by atoms with E-state index in [0.717, 1.165) is 15.6 Å². The molecule has 0 unspecified atom stereocenters. The van der Waals surface area contributed by atoms with Crippen molar-refractivity contribution in [3.63, 3.8) is 0 Å². The lowest BCUT2D eigenvalue weighted by Crippen LogP contribution is -2.37. The Morgan fingerprint density at radius 1 is 1.37 bits per heavy atom. The van der Waals surface area contributed by atoms with Crippen LogP contribution in [0.25, 0.3) is 10.1 Å². The van der Waals surface area contributed by atoms with Gasteiger partial charge in [0.1, 0.15) is 0 Å². The smallest absolute Gasteiger partial charge is 0.225 e. The maximum atomic E-state index is 11.8. The molecule has 0 fully saturated rings. The van der Waals surface area contributed by atoms with Crippen molar-refractivity contribution in [2.45, 2.75) is 26.9 Å². The number of hydrogen-bond acceptors (Lipinski definition) is 3. The second-order valence-electron chi connectivity index (χ2n) is 5.66. The molecule has 1 atom stereocenters. The first-order valence-corrected chi connectivity index (χ1v) is 7.20. The van der Waals surface area contributed by atoms with Crippen molar-refractivity contribution in [3.05, 3.63) is 35.2 Å². The van der Waals surface area contributed by atoms with Crippen LogP contribution in [0.3, 0.4) is 0 Å². The minimum atomic E-state index is -0.664. The maximum Gasteiger partial charge on any atom is 0.225 e. The van der Waals surface area contributed by atoms with Gasteiger partial charge in [-0.3, -0.25) is 4.79 Å². The topological polar surface area (TPSA) is 49.3 Å². The first-order chi connectivity index (χ1) is 8.89. The molecule has 0 aliphatic heterocycles. The SMILES string of the molecule is CC(C)(C)C(=O)NC[C@H](O)c1csc2ccccc12. The number of benzene rings is 1. The van der Waals surface area contributed by atoms with Crippen LogP contribution in [-0.4, -0.2) is 17.6 Å². The van der Waals surface area contributed by atoms with Gasteiger partial charge in [-0.2, -0.15) is 0 Å². The minimum absolute atomic E-state index is 0.0499. The van der Waals surface area contributed by atoms with Gasteiger partial charge >= 0.3 is 0 Å². The van der Waals surface area contributed by atoms with Gasteiger partial charge < -0.3 is 10.4 Å². The van der Waals surface area contributed by atoms with Gasteiger partial charge in [0, 0.05) is 22.2 Å². The van der Waals surface area contributed by atoms with Crippen molar-refractivity contribution in [2.24, 2.45) is 5.41 Å². The first kappa shape index (κ1) is 14.0. The van der Waals surface area contributed by atoms with Crippen LogP contribution in [0.2, 0.25) is 0 Å². The third kappa shape index (κ3) is 3.14. The van der Waals surface area contributed by atoms with Crippen LogP contribution in [0.15, 0.2) is 29.6 Å². The molecule has 0 aliphatic rings. The summed E-state index contributed by atoms with van der Waals surface area (Å²) in [5.41, 5.74) is 0.450. The lowest BCUT2D eigenvalue weighted by atomic mass is 9.95. The highest BCUT2D eigenvalue weighted by molar-refractivity contribution is 7.17. The number of rotatable bonds is 3. The molecule has 102 valence electrons. The lowest BCUT2D eigenvalue weighted by molar-refractivity contribution is -0.128. The quantitative estimate of drug-likeness (QED) is 0.905. The molecule has 2 rings (SSSR count). The Labute approximate surface area is 117 Å².